The number of ether oxygens (including phenoxy) is 1. The first-order valence-corrected chi connectivity index (χ1v) is 11.4. The molecule has 9 heteroatoms. The number of alkyl halides is 3. The van der Waals surface area contributed by atoms with Crippen LogP contribution < -0.4 is 4.74 Å². The van der Waals surface area contributed by atoms with Crippen LogP contribution in [-0.2, 0) is 6.61 Å². The summed E-state index contributed by atoms with van der Waals surface area (Å²) in [6.45, 7) is 3.52. The minimum atomic E-state index is -4.78. The number of hydrogen-bond donors (Lipinski definition) is 1. The third kappa shape index (κ3) is 5.26. The maximum atomic E-state index is 12.6. The van der Waals surface area contributed by atoms with Crippen LogP contribution in [0.3, 0.4) is 0 Å². The average molecular weight is 505 g/mol. The predicted molar refractivity (Wildman–Crippen MR) is 132 cm³/mol. The summed E-state index contributed by atoms with van der Waals surface area (Å²) >= 11 is 0. The molecule has 0 fully saturated rings. The normalized spacial score (nSPS) is 11.6. The fourth-order valence-corrected chi connectivity index (χ4v) is 4.12. The zero-order valence-electron chi connectivity index (χ0n) is 20.0. The zero-order chi connectivity index (χ0) is 26.2. The molecule has 1 N–H and O–H groups in total. The molecule has 6 nitrogen and oxygen atoms in total. The Kier molecular flexibility index (Phi) is 6.31. The van der Waals surface area contributed by atoms with E-state index in [-0.39, 0.29) is 12.4 Å². The summed E-state index contributed by atoms with van der Waals surface area (Å²) in [5, 5.41) is 13.9. The molecular formula is C28H22F3N3O3. The monoisotopic (exact) mass is 505 g/mol. The van der Waals surface area contributed by atoms with Crippen LogP contribution in [0, 0.1) is 13.8 Å². The summed E-state index contributed by atoms with van der Waals surface area (Å²) in [6.07, 6.45) is -3.04. The molecule has 0 aliphatic heterocycles. The lowest BCUT2D eigenvalue weighted by molar-refractivity contribution is -0.274. The summed E-state index contributed by atoms with van der Waals surface area (Å²) in [5.41, 5.74) is 5.95. The Morgan fingerprint density at radius 2 is 1.65 bits per heavy atom. The lowest BCUT2D eigenvalue weighted by Gasteiger charge is -2.13. The highest BCUT2D eigenvalue weighted by atomic mass is 19.4. The van der Waals surface area contributed by atoms with E-state index >= 15 is 0 Å². The van der Waals surface area contributed by atoms with Crippen molar-refractivity contribution in [1.29, 1.82) is 0 Å². The van der Waals surface area contributed by atoms with Crippen LogP contribution in [-0.4, -0.2) is 26.2 Å². The largest absolute Gasteiger partial charge is 0.573 e. The maximum Gasteiger partial charge on any atom is 0.573 e. The Morgan fingerprint density at radius 1 is 0.919 bits per heavy atom. The van der Waals surface area contributed by atoms with Gasteiger partial charge in [-0.05, 0) is 60.5 Å². The fourth-order valence-electron chi connectivity index (χ4n) is 4.12. The molecule has 5 aromatic rings. The number of oxazole rings is 1. The van der Waals surface area contributed by atoms with Crippen LogP contribution in [0.25, 0.3) is 39.4 Å². The van der Waals surface area contributed by atoms with E-state index in [9.17, 15) is 18.3 Å². The number of aromatic nitrogens is 3. The number of aliphatic hydroxyl groups excluding tert-OH is 1. The first kappa shape index (κ1) is 24.3. The van der Waals surface area contributed by atoms with E-state index < -0.39 is 6.36 Å². The minimum Gasteiger partial charge on any atom is -0.440 e. The van der Waals surface area contributed by atoms with Crippen molar-refractivity contribution >= 4 is 0 Å². The van der Waals surface area contributed by atoms with Gasteiger partial charge in [-0.15, -0.1) is 13.2 Å². The van der Waals surface area contributed by atoms with Gasteiger partial charge in [-0.3, -0.25) is 0 Å². The second kappa shape index (κ2) is 9.59. The lowest BCUT2D eigenvalue weighted by atomic mass is 9.97. The molecule has 37 heavy (non-hydrogen) atoms. The van der Waals surface area contributed by atoms with Crippen molar-refractivity contribution in [2.45, 2.75) is 26.8 Å². The molecule has 2 aromatic heterocycles. The van der Waals surface area contributed by atoms with Crippen LogP contribution in [0.5, 0.6) is 5.75 Å². The quantitative estimate of drug-likeness (QED) is 0.273. The van der Waals surface area contributed by atoms with Crippen LogP contribution in [0.1, 0.15) is 17.1 Å². The van der Waals surface area contributed by atoms with Gasteiger partial charge in [-0.25, -0.2) is 9.67 Å². The van der Waals surface area contributed by atoms with Crippen LogP contribution in [0.15, 0.2) is 83.4 Å². The van der Waals surface area contributed by atoms with E-state index in [2.05, 4.69) is 20.9 Å². The SMILES string of the molecule is Cc1cccc(-c2ccc(-n3ccc(CO)n3)c(-c3oc(C)nc3-c3ccc(OC(F)(F)F)cc3)c2)c1. The van der Waals surface area contributed by atoms with E-state index in [1.54, 1.807) is 23.9 Å². The standard InChI is InChI=1S/C28H22F3N3O3/c1-17-4-3-5-20(14-17)21-8-11-25(34-13-12-22(16-35)33-34)24(15-21)27-26(32-18(2)36-27)19-6-9-23(10-7-19)37-28(29,30)31/h3-15,35H,16H2,1-2H3. The molecule has 0 amide bonds. The summed E-state index contributed by atoms with van der Waals surface area (Å²) in [4.78, 5) is 4.53. The van der Waals surface area contributed by atoms with Crippen molar-refractivity contribution in [3.63, 3.8) is 0 Å². The average Bonchev–Trinajstić information content (AvgIpc) is 3.50. The Hall–Kier alpha value is -4.37. The van der Waals surface area contributed by atoms with Gasteiger partial charge in [0.25, 0.3) is 0 Å². The number of aliphatic hydroxyl groups is 1. The smallest absolute Gasteiger partial charge is 0.440 e. The zero-order valence-corrected chi connectivity index (χ0v) is 20.0. The third-order valence-electron chi connectivity index (χ3n) is 5.74. The Morgan fingerprint density at radius 3 is 2.32 bits per heavy atom. The number of nitrogens with zero attached hydrogens (tertiary/aromatic N) is 3. The first-order chi connectivity index (χ1) is 17.7. The summed E-state index contributed by atoms with van der Waals surface area (Å²) in [5.74, 6) is 0.504. The van der Waals surface area contributed by atoms with E-state index in [1.165, 1.54) is 24.3 Å². The van der Waals surface area contributed by atoms with E-state index in [1.807, 2.05) is 43.3 Å². The van der Waals surface area contributed by atoms with Gasteiger partial charge in [0, 0.05) is 24.2 Å². The van der Waals surface area contributed by atoms with Gasteiger partial charge in [-0.2, -0.15) is 5.10 Å². The van der Waals surface area contributed by atoms with Gasteiger partial charge in [-0.1, -0.05) is 35.9 Å². The van der Waals surface area contributed by atoms with Crippen LogP contribution in [0.4, 0.5) is 13.2 Å². The molecule has 0 aliphatic carbocycles. The van der Waals surface area contributed by atoms with Crippen molar-refractivity contribution in [1.82, 2.24) is 14.8 Å². The molecule has 0 saturated carbocycles. The summed E-state index contributed by atoms with van der Waals surface area (Å²) in [7, 11) is 0. The van der Waals surface area contributed by atoms with Gasteiger partial charge in [0.1, 0.15) is 11.4 Å². The first-order valence-electron chi connectivity index (χ1n) is 11.4. The molecule has 5 rings (SSSR count). The molecule has 2 heterocycles. The highest BCUT2D eigenvalue weighted by Gasteiger charge is 2.31. The highest BCUT2D eigenvalue weighted by molar-refractivity contribution is 5.84. The molecule has 0 atom stereocenters. The molecule has 0 radical (unpaired) electrons. The van der Waals surface area contributed by atoms with Crippen molar-refractivity contribution in [2.75, 3.05) is 0 Å². The van der Waals surface area contributed by atoms with Gasteiger partial charge < -0.3 is 14.3 Å². The maximum absolute atomic E-state index is 12.6. The van der Waals surface area contributed by atoms with Gasteiger partial charge in [0.15, 0.2) is 11.7 Å². The molecular weight excluding hydrogens is 483 g/mol. The highest BCUT2D eigenvalue weighted by Crippen LogP contribution is 2.39. The molecule has 0 bridgehead atoms. The number of rotatable bonds is 6. The van der Waals surface area contributed by atoms with E-state index in [0.29, 0.717) is 39.9 Å². The summed E-state index contributed by atoms with van der Waals surface area (Å²) in [6, 6.07) is 21.1. The Bertz CT molecular complexity index is 1550. The van der Waals surface area contributed by atoms with Gasteiger partial charge >= 0.3 is 6.36 Å². The fraction of sp³-hybridized carbons (Fsp3) is 0.143. The van der Waals surface area contributed by atoms with Gasteiger partial charge in [0.2, 0.25) is 0 Å². The number of halogens is 3. The second-order valence-corrected chi connectivity index (χ2v) is 8.49. The van der Waals surface area contributed by atoms with Crippen LogP contribution >= 0.6 is 0 Å². The number of aryl methyl sites for hydroxylation is 2. The molecule has 0 unspecified atom stereocenters. The number of benzene rings is 3. The van der Waals surface area contributed by atoms with E-state index in [4.69, 9.17) is 4.42 Å². The third-order valence-corrected chi connectivity index (χ3v) is 5.74. The Labute approximate surface area is 210 Å². The van der Waals surface area contributed by atoms with Crippen molar-refractivity contribution < 1.29 is 27.4 Å². The predicted octanol–water partition coefficient (Wildman–Crippen LogP) is 6.87. The van der Waals surface area contributed by atoms with Crippen molar-refractivity contribution in [3.05, 3.63) is 96.1 Å². The Balaban J connectivity index is 1.66. The lowest BCUT2D eigenvalue weighted by Crippen LogP contribution is -2.16. The van der Waals surface area contributed by atoms with E-state index in [0.717, 1.165) is 16.7 Å². The van der Waals surface area contributed by atoms with Crippen molar-refractivity contribution in [3.8, 4) is 45.1 Å². The molecule has 0 spiro atoms. The van der Waals surface area contributed by atoms with Crippen LogP contribution in [0.2, 0.25) is 0 Å². The molecule has 0 saturated heterocycles. The summed E-state index contributed by atoms with van der Waals surface area (Å²) < 4.78 is 49.6. The second-order valence-electron chi connectivity index (χ2n) is 8.49. The minimum absolute atomic E-state index is 0.206. The molecule has 188 valence electrons. The topological polar surface area (TPSA) is 73.3 Å². The van der Waals surface area contributed by atoms with Crippen molar-refractivity contribution in [2.24, 2.45) is 0 Å². The molecule has 0 aliphatic rings. The van der Waals surface area contributed by atoms with Gasteiger partial charge in [0.05, 0.1) is 18.0 Å². The number of hydrogen-bond acceptors (Lipinski definition) is 5. The molecule has 3 aromatic carbocycles.